The maximum Gasteiger partial charge on any atom is 0.336 e. The Morgan fingerprint density at radius 3 is 1.41 bits per heavy atom. The molecule has 0 heterocycles. The van der Waals surface area contributed by atoms with Gasteiger partial charge >= 0.3 is 11.9 Å². The second-order valence-corrected chi connectivity index (χ2v) is 9.89. The molecule has 0 saturated heterocycles. The Labute approximate surface area is 208 Å². The first-order chi connectivity index (χ1) is 16.5. The van der Waals surface area contributed by atoms with E-state index in [0.29, 0.717) is 6.42 Å². The third kappa shape index (κ3) is 12.6. The first-order valence-corrected chi connectivity index (χ1v) is 14.1. The highest BCUT2D eigenvalue weighted by Crippen LogP contribution is 2.24. The van der Waals surface area contributed by atoms with Crippen molar-refractivity contribution in [3.05, 3.63) is 34.4 Å². The lowest BCUT2D eigenvalue weighted by Crippen LogP contribution is -2.14. The molecule has 1 aromatic carbocycles. The third-order valence-corrected chi connectivity index (χ3v) is 6.93. The molecule has 0 unspecified atom stereocenters. The molecule has 0 aliphatic rings. The monoisotopic (exact) mass is 474 g/mol. The van der Waals surface area contributed by atoms with Crippen LogP contribution in [0, 0.1) is 0 Å². The second kappa shape index (κ2) is 19.5. The fraction of sp³-hybridized carbons (Fsp3) is 0.733. The minimum Gasteiger partial charge on any atom is -0.478 e. The van der Waals surface area contributed by atoms with Gasteiger partial charge in [-0.1, -0.05) is 123 Å². The molecule has 0 aromatic heterocycles. The van der Waals surface area contributed by atoms with E-state index in [2.05, 4.69) is 13.8 Å². The van der Waals surface area contributed by atoms with Crippen LogP contribution in [0.4, 0.5) is 0 Å². The van der Waals surface area contributed by atoms with E-state index in [9.17, 15) is 19.8 Å². The fourth-order valence-corrected chi connectivity index (χ4v) is 4.85. The van der Waals surface area contributed by atoms with Crippen LogP contribution in [0.3, 0.4) is 0 Å². The van der Waals surface area contributed by atoms with Crippen molar-refractivity contribution in [1.82, 2.24) is 0 Å². The van der Waals surface area contributed by atoms with Gasteiger partial charge in [-0.2, -0.15) is 0 Å². The minimum absolute atomic E-state index is 0.00191. The van der Waals surface area contributed by atoms with E-state index < -0.39 is 11.9 Å². The Morgan fingerprint density at radius 1 is 0.559 bits per heavy atom. The maximum absolute atomic E-state index is 11.9. The number of hydrogen-bond donors (Lipinski definition) is 2. The van der Waals surface area contributed by atoms with E-state index in [-0.39, 0.29) is 11.1 Å². The number of carboxylic acids is 2. The van der Waals surface area contributed by atoms with Gasteiger partial charge in [0.1, 0.15) is 0 Å². The molecular formula is C30H50O4. The number of carboxylic acid groups (broad SMARTS) is 2. The van der Waals surface area contributed by atoms with Crippen LogP contribution in [0.1, 0.15) is 161 Å². The number of hydrogen-bond acceptors (Lipinski definition) is 2. The van der Waals surface area contributed by atoms with E-state index in [1.54, 1.807) is 0 Å². The van der Waals surface area contributed by atoms with E-state index in [4.69, 9.17) is 0 Å². The maximum atomic E-state index is 11.9. The van der Waals surface area contributed by atoms with Crippen LogP contribution in [0.25, 0.3) is 0 Å². The van der Waals surface area contributed by atoms with Crippen molar-refractivity contribution in [3.63, 3.8) is 0 Å². The van der Waals surface area contributed by atoms with Gasteiger partial charge in [-0.25, -0.2) is 9.59 Å². The molecule has 4 heteroatoms. The van der Waals surface area contributed by atoms with Crippen molar-refractivity contribution in [3.8, 4) is 0 Å². The molecule has 0 aliphatic heterocycles. The van der Waals surface area contributed by atoms with Gasteiger partial charge in [0.25, 0.3) is 0 Å². The predicted octanol–water partition coefficient (Wildman–Crippen LogP) is 9.23. The van der Waals surface area contributed by atoms with E-state index in [1.807, 2.05) is 6.07 Å². The van der Waals surface area contributed by atoms with Crippen LogP contribution in [-0.2, 0) is 12.8 Å². The van der Waals surface area contributed by atoms with Gasteiger partial charge in [0.05, 0.1) is 11.1 Å². The van der Waals surface area contributed by atoms with E-state index >= 15 is 0 Å². The molecule has 4 nitrogen and oxygen atoms in total. The number of aryl methyl sites for hydroxylation is 1. The normalized spacial score (nSPS) is 11.1. The summed E-state index contributed by atoms with van der Waals surface area (Å²) in [5, 5.41) is 19.2. The molecule has 1 aromatic rings. The molecular weight excluding hydrogens is 424 g/mol. The molecule has 194 valence electrons. The molecule has 34 heavy (non-hydrogen) atoms. The van der Waals surface area contributed by atoms with Crippen molar-refractivity contribution < 1.29 is 19.8 Å². The Hall–Kier alpha value is -1.84. The number of aromatic carboxylic acids is 2. The van der Waals surface area contributed by atoms with Crippen molar-refractivity contribution in [2.45, 2.75) is 142 Å². The minimum atomic E-state index is -1.16. The summed E-state index contributed by atoms with van der Waals surface area (Å²) in [6.45, 7) is 4.38. The van der Waals surface area contributed by atoms with Gasteiger partial charge in [0, 0.05) is 0 Å². The second-order valence-electron chi connectivity index (χ2n) is 9.89. The summed E-state index contributed by atoms with van der Waals surface area (Å²) in [6, 6.07) is 3.29. The standard InChI is InChI=1S/C30H50O4/c1-3-5-7-8-9-10-11-12-13-14-15-16-17-18-19-20-22-26-25(21-6-4-2)23-24-27(29(31)32)28(26)30(33)34/h23-24H,3-22H2,1-2H3,(H,31,32)(H,33,34). The van der Waals surface area contributed by atoms with E-state index in [1.165, 1.54) is 96.0 Å². The van der Waals surface area contributed by atoms with Crippen molar-refractivity contribution in [2.75, 3.05) is 0 Å². The largest absolute Gasteiger partial charge is 0.478 e. The number of carbonyl (C=O) groups is 2. The van der Waals surface area contributed by atoms with Crippen molar-refractivity contribution >= 4 is 11.9 Å². The van der Waals surface area contributed by atoms with Gasteiger partial charge in [0.15, 0.2) is 0 Å². The van der Waals surface area contributed by atoms with Gasteiger partial charge in [-0.05, 0) is 42.9 Å². The van der Waals surface area contributed by atoms with Crippen molar-refractivity contribution in [2.24, 2.45) is 0 Å². The molecule has 0 radical (unpaired) electrons. The number of unbranched alkanes of at least 4 members (excludes halogenated alkanes) is 16. The van der Waals surface area contributed by atoms with Crippen LogP contribution < -0.4 is 0 Å². The topological polar surface area (TPSA) is 74.6 Å². The summed E-state index contributed by atoms with van der Waals surface area (Å²) in [5.41, 5.74) is 1.66. The molecule has 0 bridgehead atoms. The molecule has 0 fully saturated rings. The Kier molecular flexibility index (Phi) is 17.3. The van der Waals surface area contributed by atoms with Gasteiger partial charge < -0.3 is 10.2 Å². The quantitative estimate of drug-likeness (QED) is 0.164. The Bertz CT molecular complexity index is 695. The number of benzene rings is 1. The van der Waals surface area contributed by atoms with Crippen LogP contribution in [0.2, 0.25) is 0 Å². The van der Waals surface area contributed by atoms with Gasteiger partial charge in [0.2, 0.25) is 0 Å². The van der Waals surface area contributed by atoms with Crippen LogP contribution in [-0.4, -0.2) is 22.2 Å². The molecule has 0 saturated carbocycles. The van der Waals surface area contributed by atoms with Crippen LogP contribution >= 0.6 is 0 Å². The van der Waals surface area contributed by atoms with E-state index in [0.717, 1.165) is 43.2 Å². The molecule has 0 aliphatic carbocycles. The summed E-state index contributed by atoms with van der Waals surface area (Å²) < 4.78 is 0. The fourth-order valence-electron chi connectivity index (χ4n) is 4.85. The molecule has 2 N–H and O–H groups in total. The number of rotatable bonds is 22. The average Bonchev–Trinajstić information content (AvgIpc) is 2.82. The van der Waals surface area contributed by atoms with Crippen LogP contribution in [0.5, 0.6) is 0 Å². The molecule has 1 rings (SSSR count). The summed E-state index contributed by atoms with van der Waals surface area (Å²) in [4.78, 5) is 23.4. The highest BCUT2D eigenvalue weighted by Gasteiger charge is 2.22. The summed E-state index contributed by atoms with van der Waals surface area (Å²) in [7, 11) is 0. The zero-order chi connectivity index (χ0) is 25.0. The first kappa shape index (κ1) is 30.2. The summed E-state index contributed by atoms with van der Waals surface area (Å²) in [5.74, 6) is -2.28. The zero-order valence-corrected chi connectivity index (χ0v) is 22.0. The lowest BCUT2D eigenvalue weighted by Gasteiger charge is -2.15. The van der Waals surface area contributed by atoms with Crippen LogP contribution in [0.15, 0.2) is 12.1 Å². The smallest absolute Gasteiger partial charge is 0.336 e. The lowest BCUT2D eigenvalue weighted by atomic mass is 9.89. The zero-order valence-electron chi connectivity index (χ0n) is 22.0. The predicted molar refractivity (Wildman–Crippen MR) is 142 cm³/mol. The first-order valence-electron chi connectivity index (χ1n) is 14.1. The summed E-state index contributed by atoms with van der Waals surface area (Å²) >= 11 is 0. The lowest BCUT2D eigenvalue weighted by molar-refractivity contribution is 0.0650. The molecule has 0 atom stereocenters. The molecule has 0 amide bonds. The highest BCUT2D eigenvalue weighted by molar-refractivity contribution is 6.03. The Morgan fingerprint density at radius 2 is 1.00 bits per heavy atom. The van der Waals surface area contributed by atoms with Crippen molar-refractivity contribution in [1.29, 1.82) is 0 Å². The third-order valence-electron chi connectivity index (χ3n) is 6.93. The van der Waals surface area contributed by atoms with Gasteiger partial charge in [-0.15, -0.1) is 0 Å². The summed E-state index contributed by atoms with van der Waals surface area (Å²) in [6.07, 6.45) is 24.3. The Balaban J connectivity index is 2.26. The highest BCUT2D eigenvalue weighted by atomic mass is 16.4. The van der Waals surface area contributed by atoms with Gasteiger partial charge in [-0.3, -0.25) is 0 Å². The SMILES string of the molecule is CCCCCCCCCCCCCCCCCCc1c(CCCC)ccc(C(=O)O)c1C(=O)O. The molecule has 0 spiro atoms. The average molecular weight is 475 g/mol.